The molecule has 0 spiro atoms. The molecule has 0 bridgehead atoms. The number of rotatable bonds is 6. The van der Waals surface area contributed by atoms with Crippen LogP contribution in [-0.2, 0) is 14.6 Å². The van der Waals surface area contributed by atoms with Crippen LogP contribution in [0.25, 0.3) is 0 Å². The van der Waals surface area contributed by atoms with E-state index in [4.69, 9.17) is 4.74 Å². The Hall–Kier alpha value is 0.390. The summed E-state index contributed by atoms with van der Waals surface area (Å²) in [6.07, 6.45) is 4.49. The number of hydrogen-bond acceptors (Lipinski definition) is 3. The molecule has 1 aliphatic rings. The van der Waals surface area contributed by atoms with Crippen molar-refractivity contribution in [3.8, 4) is 0 Å². The first kappa shape index (κ1) is 13.5. The zero-order valence-electron chi connectivity index (χ0n) is 9.12. The maximum Gasteiger partial charge on any atom is 0.154 e. The SMILES string of the molecule is CCCCCCOC1CS(=O)(=O)CC1Br. The Bertz CT molecular complexity index is 276. The Morgan fingerprint density at radius 1 is 1.27 bits per heavy atom. The van der Waals surface area contributed by atoms with Crippen LogP contribution in [0, 0.1) is 0 Å². The summed E-state index contributed by atoms with van der Waals surface area (Å²) in [5, 5.41) is 0. The predicted octanol–water partition coefficient (Wildman–Crippen LogP) is 2.14. The van der Waals surface area contributed by atoms with Gasteiger partial charge in [0, 0.05) is 6.61 Å². The summed E-state index contributed by atoms with van der Waals surface area (Å²) in [4.78, 5) is -0.0197. The van der Waals surface area contributed by atoms with Crippen LogP contribution in [0.3, 0.4) is 0 Å². The Labute approximate surface area is 101 Å². The van der Waals surface area contributed by atoms with Crippen LogP contribution in [0.15, 0.2) is 0 Å². The second-order valence-corrected chi connectivity index (χ2v) is 7.39. The summed E-state index contributed by atoms with van der Waals surface area (Å²) in [6, 6.07) is 0. The fourth-order valence-corrected chi connectivity index (χ4v) is 5.15. The van der Waals surface area contributed by atoms with Crippen LogP contribution in [0.2, 0.25) is 0 Å². The van der Waals surface area contributed by atoms with Crippen LogP contribution in [0.1, 0.15) is 32.6 Å². The number of unbranched alkanes of at least 4 members (excludes halogenated alkanes) is 3. The minimum atomic E-state index is -2.86. The van der Waals surface area contributed by atoms with Gasteiger partial charge in [-0.05, 0) is 6.42 Å². The van der Waals surface area contributed by atoms with Gasteiger partial charge in [-0.15, -0.1) is 0 Å². The molecule has 5 heteroatoms. The van der Waals surface area contributed by atoms with Gasteiger partial charge in [-0.2, -0.15) is 0 Å². The molecule has 3 nitrogen and oxygen atoms in total. The highest BCUT2D eigenvalue weighted by Gasteiger charge is 2.36. The fraction of sp³-hybridized carbons (Fsp3) is 1.00. The molecule has 0 radical (unpaired) electrons. The van der Waals surface area contributed by atoms with Gasteiger partial charge in [0.1, 0.15) is 0 Å². The third-order valence-electron chi connectivity index (χ3n) is 2.56. The molecule has 1 fully saturated rings. The van der Waals surface area contributed by atoms with Crippen molar-refractivity contribution in [1.29, 1.82) is 0 Å². The number of alkyl halides is 1. The minimum absolute atomic E-state index is 0.0197. The van der Waals surface area contributed by atoms with Gasteiger partial charge in [0.05, 0.1) is 22.4 Å². The van der Waals surface area contributed by atoms with E-state index in [1.54, 1.807) is 0 Å². The third kappa shape index (κ3) is 4.83. The molecule has 1 rings (SSSR count). The maximum atomic E-state index is 11.3. The number of ether oxygens (including phenoxy) is 1. The average molecular weight is 299 g/mol. The molecule has 2 atom stereocenters. The highest BCUT2D eigenvalue weighted by Crippen LogP contribution is 2.22. The summed E-state index contributed by atoms with van der Waals surface area (Å²) in [6.45, 7) is 2.85. The zero-order chi connectivity index (χ0) is 11.3. The quantitative estimate of drug-likeness (QED) is 0.557. The molecule has 1 heterocycles. The van der Waals surface area contributed by atoms with Crippen LogP contribution in [0.4, 0.5) is 0 Å². The lowest BCUT2D eigenvalue weighted by Gasteiger charge is -2.13. The topological polar surface area (TPSA) is 43.4 Å². The molecule has 0 aliphatic carbocycles. The Morgan fingerprint density at radius 2 is 2.00 bits per heavy atom. The van der Waals surface area contributed by atoms with Crippen molar-refractivity contribution in [2.45, 2.75) is 43.5 Å². The number of sulfone groups is 1. The van der Waals surface area contributed by atoms with E-state index in [2.05, 4.69) is 22.9 Å². The normalized spacial score (nSPS) is 29.5. The Balaban J connectivity index is 2.17. The second kappa shape index (κ2) is 6.21. The lowest BCUT2D eigenvalue weighted by Crippen LogP contribution is -2.22. The van der Waals surface area contributed by atoms with E-state index in [1.807, 2.05) is 0 Å². The molecule has 0 saturated carbocycles. The first-order chi connectivity index (χ1) is 7.05. The van der Waals surface area contributed by atoms with Crippen LogP contribution < -0.4 is 0 Å². The van der Waals surface area contributed by atoms with Crippen LogP contribution >= 0.6 is 15.9 Å². The van der Waals surface area contributed by atoms with Crippen molar-refractivity contribution < 1.29 is 13.2 Å². The van der Waals surface area contributed by atoms with E-state index in [0.717, 1.165) is 6.42 Å². The van der Waals surface area contributed by atoms with E-state index in [-0.39, 0.29) is 22.4 Å². The summed E-state index contributed by atoms with van der Waals surface area (Å²) < 4.78 is 28.1. The van der Waals surface area contributed by atoms with Gasteiger partial charge in [-0.1, -0.05) is 42.1 Å². The van der Waals surface area contributed by atoms with E-state index in [1.165, 1.54) is 19.3 Å². The van der Waals surface area contributed by atoms with E-state index in [9.17, 15) is 8.42 Å². The van der Waals surface area contributed by atoms with Crippen LogP contribution in [0.5, 0.6) is 0 Å². The molecule has 0 aromatic carbocycles. The lowest BCUT2D eigenvalue weighted by molar-refractivity contribution is 0.0724. The number of halogens is 1. The Kier molecular flexibility index (Phi) is 5.57. The lowest BCUT2D eigenvalue weighted by atomic mass is 10.2. The average Bonchev–Trinajstić information content (AvgIpc) is 2.39. The third-order valence-corrected chi connectivity index (χ3v) is 5.61. The summed E-state index contributed by atoms with van der Waals surface area (Å²) in [7, 11) is -2.86. The van der Waals surface area contributed by atoms with Crippen molar-refractivity contribution >= 4 is 25.8 Å². The molecule has 0 N–H and O–H groups in total. The van der Waals surface area contributed by atoms with Crippen LogP contribution in [-0.4, -0.2) is 37.5 Å². The van der Waals surface area contributed by atoms with Gasteiger partial charge in [-0.25, -0.2) is 8.42 Å². The summed E-state index contributed by atoms with van der Waals surface area (Å²) >= 11 is 3.36. The monoisotopic (exact) mass is 298 g/mol. The van der Waals surface area contributed by atoms with E-state index >= 15 is 0 Å². The maximum absolute atomic E-state index is 11.3. The molecule has 0 amide bonds. The molecule has 0 aromatic rings. The molecule has 15 heavy (non-hydrogen) atoms. The minimum Gasteiger partial charge on any atom is -0.376 e. The number of hydrogen-bond donors (Lipinski definition) is 0. The molecular formula is C10H19BrO3S. The fourth-order valence-electron chi connectivity index (χ4n) is 1.69. The van der Waals surface area contributed by atoms with Crippen molar-refractivity contribution in [2.75, 3.05) is 18.1 Å². The van der Waals surface area contributed by atoms with Gasteiger partial charge in [0.15, 0.2) is 9.84 Å². The molecule has 2 unspecified atom stereocenters. The standard InChI is InChI=1S/C10H19BrO3S/c1-2-3-4-5-6-14-10-8-15(12,13)7-9(10)11/h9-10H,2-8H2,1H3. The summed E-state index contributed by atoms with van der Waals surface area (Å²) in [5.41, 5.74) is 0. The van der Waals surface area contributed by atoms with E-state index in [0.29, 0.717) is 6.61 Å². The first-order valence-corrected chi connectivity index (χ1v) is 8.25. The van der Waals surface area contributed by atoms with Gasteiger partial charge in [0.2, 0.25) is 0 Å². The molecule has 1 aliphatic heterocycles. The highest BCUT2D eigenvalue weighted by molar-refractivity contribution is 9.09. The van der Waals surface area contributed by atoms with Gasteiger partial charge >= 0.3 is 0 Å². The van der Waals surface area contributed by atoms with Crippen molar-refractivity contribution in [1.82, 2.24) is 0 Å². The van der Waals surface area contributed by atoms with Gasteiger partial charge in [0.25, 0.3) is 0 Å². The first-order valence-electron chi connectivity index (χ1n) is 5.51. The van der Waals surface area contributed by atoms with Gasteiger partial charge < -0.3 is 4.74 Å². The predicted molar refractivity (Wildman–Crippen MR) is 65.3 cm³/mol. The Morgan fingerprint density at radius 3 is 2.53 bits per heavy atom. The summed E-state index contributed by atoms with van der Waals surface area (Å²) in [5.74, 6) is 0.392. The van der Waals surface area contributed by atoms with E-state index < -0.39 is 9.84 Å². The largest absolute Gasteiger partial charge is 0.376 e. The zero-order valence-corrected chi connectivity index (χ0v) is 11.5. The molecule has 1 saturated heterocycles. The second-order valence-electron chi connectivity index (χ2n) is 4.06. The molecule has 0 aromatic heterocycles. The molecule has 90 valence electrons. The highest BCUT2D eigenvalue weighted by atomic mass is 79.9. The molecular weight excluding hydrogens is 280 g/mol. The van der Waals surface area contributed by atoms with Crippen molar-refractivity contribution in [2.24, 2.45) is 0 Å². The smallest absolute Gasteiger partial charge is 0.154 e. The van der Waals surface area contributed by atoms with Gasteiger partial charge in [-0.3, -0.25) is 0 Å². The van der Waals surface area contributed by atoms with Crippen molar-refractivity contribution in [3.63, 3.8) is 0 Å². The van der Waals surface area contributed by atoms with Crippen molar-refractivity contribution in [3.05, 3.63) is 0 Å².